The summed E-state index contributed by atoms with van der Waals surface area (Å²) in [5.41, 5.74) is 4.16. The van der Waals surface area contributed by atoms with Gasteiger partial charge in [0.1, 0.15) is 17.2 Å². The lowest BCUT2D eigenvalue weighted by Gasteiger charge is -2.21. The monoisotopic (exact) mass is 494 g/mol. The van der Waals surface area contributed by atoms with E-state index < -0.39 is 0 Å². The zero-order chi connectivity index (χ0) is 25.4. The Bertz CT molecular complexity index is 1280. The minimum atomic E-state index is -0.194. The number of amides is 1. The molecule has 2 aromatic heterocycles. The Hall–Kier alpha value is -2.51. The fourth-order valence-corrected chi connectivity index (χ4v) is 6.44. The number of para-hydroxylation sites is 1. The Balaban J connectivity index is 1.76. The van der Waals surface area contributed by atoms with E-state index in [4.69, 9.17) is 4.98 Å². The predicted octanol–water partition coefficient (Wildman–Crippen LogP) is 5.53. The molecule has 1 aromatic carbocycles. The van der Waals surface area contributed by atoms with Gasteiger partial charge >= 0.3 is 0 Å². The molecular weight excluding hydrogens is 456 g/mol. The molecule has 1 atom stereocenters. The summed E-state index contributed by atoms with van der Waals surface area (Å²) >= 11 is 1.66. The molecule has 7 heteroatoms. The third kappa shape index (κ3) is 5.21. The van der Waals surface area contributed by atoms with Crippen molar-refractivity contribution >= 4 is 33.1 Å². The second-order valence-corrected chi connectivity index (χ2v) is 11.9. The van der Waals surface area contributed by atoms with Gasteiger partial charge in [0.15, 0.2) is 0 Å². The maximum absolute atomic E-state index is 13.8. The molecule has 1 amide bonds. The third-order valence-electron chi connectivity index (χ3n) is 6.89. The zero-order valence-corrected chi connectivity index (χ0v) is 22.9. The van der Waals surface area contributed by atoms with Crippen LogP contribution in [0.1, 0.15) is 80.3 Å². The molecule has 0 radical (unpaired) electrons. The maximum Gasteiger partial charge on any atom is 0.263 e. The quantitative estimate of drug-likeness (QED) is 0.469. The van der Waals surface area contributed by atoms with E-state index in [1.165, 1.54) is 4.88 Å². The van der Waals surface area contributed by atoms with Crippen molar-refractivity contribution in [2.75, 3.05) is 19.4 Å². The first-order valence-corrected chi connectivity index (χ1v) is 13.5. The number of benzene rings is 1. The average Bonchev–Trinajstić information content (AvgIpc) is 3.13. The van der Waals surface area contributed by atoms with E-state index in [1.54, 1.807) is 15.9 Å². The first-order valence-electron chi connectivity index (χ1n) is 12.7. The molecule has 0 saturated carbocycles. The van der Waals surface area contributed by atoms with Crippen molar-refractivity contribution in [3.8, 4) is 0 Å². The van der Waals surface area contributed by atoms with Crippen LogP contribution in [-0.2, 0) is 30.7 Å². The van der Waals surface area contributed by atoms with Crippen molar-refractivity contribution in [1.29, 1.82) is 0 Å². The molecule has 6 nitrogen and oxygen atoms in total. The predicted molar refractivity (Wildman–Crippen MR) is 146 cm³/mol. The Kier molecular flexibility index (Phi) is 7.48. The molecule has 1 aliphatic rings. The minimum Gasteiger partial charge on any atom is -0.324 e. The summed E-state index contributed by atoms with van der Waals surface area (Å²) in [5.74, 6) is 1.61. The lowest BCUT2D eigenvalue weighted by atomic mass is 9.89. The number of fused-ring (bicyclic) bond motifs is 3. The van der Waals surface area contributed by atoms with Crippen molar-refractivity contribution < 1.29 is 4.79 Å². The van der Waals surface area contributed by atoms with Gasteiger partial charge in [-0.2, -0.15) is 0 Å². The van der Waals surface area contributed by atoms with Crippen LogP contribution < -0.4 is 10.9 Å². The molecule has 1 N–H and O–H groups in total. The first-order chi connectivity index (χ1) is 16.6. The molecule has 35 heavy (non-hydrogen) atoms. The second kappa shape index (κ2) is 10.2. The van der Waals surface area contributed by atoms with Crippen LogP contribution in [0.2, 0.25) is 0 Å². The third-order valence-corrected chi connectivity index (χ3v) is 8.04. The van der Waals surface area contributed by atoms with Crippen LogP contribution in [0, 0.1) is 5.92 Å². The van der Waals surface area contributed by atoms with Crippen molar-refractivity contribution in [3.05, 3.63) is 55.9 Å². The number of nitrogens with zero attached hydrogens (tertiary/aromatic N) is 3. The summed E-state index contributed by atoms with van der Waals surface area (Å²) in [4.78, 5) is 36.2. The molecule has 0 aliphatic heterocycles. The summed E-state index contributed by atoms with van der Waals surface area (Å²) in [6.07, 6.45) is 3.00. The second-order valence-electron chi connectivity index (χ2n) is 10.9. The van der Waals surface area contributed by atoms with Crippen molar-refractivity contribution in [2.24, 2.45) is 5.92 Å². The van der Waals surface area contributed by atoms with Gasteiger partial charge in [-0.05, 0) is 67.8 Å². The Morgan fingerprint density at radius 1 is 1.20 bits per heavy atom. The van der Waals surface area contributed by atoms with Crippen molar-refractivity contribution in [3.63, 3.8) is 0 Å². The molecule has 0 spiro atoms. The van der Waals surface area contributed by atoms with Gasteiger partial charge in [0.05, 0.1) is 11.9 Å². The summed E-state index contributed by atoms with van der Waals surface area (Å²) in [6.45, 7) is 11.2. The van der Waals surface area contributed by atoms with Crippen LogP contribution >= 0.6 is 11.3 Å². The highest BCUT2D eigenvalue weighted by Gasteiger charge is 2.25. The van der Waals surface area contributed by atoms with Crippen molar-refractivity contribution in [2.45, 2.75) is 78.8 Å². The van der Waals surface area contributed by atoms with Gasteiger partial charge in [-0.3, -0.25) is 14.2 Å². The molecule has 4 rings (SSSR count). The number of nitrogens with one attached hydrogen (secondary N) is 1. The number of hydrogen-bond acceptors (Lipinski definition) is 5. The summed E-state index contributed by atoms with van der Waals surface area (Å²) < 4.78 is 1.59. The number of carbonyl (C=O) groups excluding carboxylic acids is 1. The fraction of sp³-hybridized carbons (Fsp3) is 0.536. The molecule has 3 aromatic rings. The number of aromatic nitrogens is 2. The van der Waals surface area contributed by atoms with Crippen LogP contribution in [0.4, 0.5) is 5.69 Å². The fourth-order valence-electron chi connectivity index (χ4n) is 5.05. The van der Waals surface area contributed by atoms with E-state index in [9.17, 15) is 9.59 Å². The molecule has 188 valence electrons. The van der Waals surface area contributed by atoms with Crippen LogP contribution in [0.25, 0.3) is 10.2 Å². The van der Waals surface area contributed by atoms with Crippen LogP contribution in [0.5, 0.6) is 0 Å². The number of rotatable bonds is 7. The number of hydrogen-bond donors (Lipinski definition) is 1. The molecule has 1 unspecified atom stereocenters. The molecule has 1 aliphatic carbocycles. The Morgan fingerprint density at radius 2 is 1.86 bits per heavy atom. The number of aryl methyl sites for hydroxylation is 1. The van der Waals surface area contributed by atoms with E-state index in [0.29, 0.717) is 18.3 Å². The average molecular weight is 495 g/mol. The van der Waals surface area contributed by atoms with Gasteiger partial charge in [-0.15, -0.1) is 11.3 Å². The Labute approximate surface area is 212 Å². The van der Waals surface area contributed by atoms with Gasteiger partial charge in [0.25, 0.3) is 5.56 Å². The zero-order valence-electron chi connectivity index (χ0n) is 22.1. The van der Waals surface area contributed by atoms with Crippen LogP contribution in [0.15, 0.2) is 23.0 Å². The van der Waals surface area contributed by atoms with E-state index >= 15 is 0 Å². The summed E-state index contributed by atoms with van der Waals surface area (Å²) in [5, 5.41) is 3.89. The lowest BCUT2D eigenvalue weighted by molar-refractivity contribution is -0.116. The standard InChI is InChI=1S/C28H38N4O2S/c1-16(2)19-9-8-10-20(17(3)4)26(19)30-24(33)15-32-23(14-31(6)7)29-27-25(28(32)34)21-12-11-18(5)13-22(21)35-27/h8-10,16-18H,11-15H2,1-7H3,(H,30,33). The van der Waals surface area contributed by atoms with Gasteiger partial charge in [0, 0.05) is 10.6 Å². The molecule has 0 fully saturated rings. The van der Waals surface area contributed by atoms with E-state index in [1.807, 2.05) is 19.0 Å². The van der Waals surface area contributed by atoms with Crippen LogP contribution in [-0.4, -0.2) is 34.5 Å². The number of anilines is 1. The molecule has 0 saturated heterocycles. The highest BCUT2D eigenvalue weighted by molar-refractivity contribution is 7.18. The topological polar surface area (TPSA) is 67.2 Å². The summed E-state index contributed by atoms with van der Waals surface area (Å²) in [7, 11) is 3.91. The van der Waals surface area contributed by atoms with Gasteiger partial charge < -0.3 is 10.2 Å². The highest BCUT2D eigenvalue weighted by Crippen LogP contribution is 2.36. The van der Waals surface area contributed by atoms with E-state index in [0.717, 1.165) is 51.9 Å². The molecular formula is C28H38N4O2S. The summed E-state index contributed by atoms with van der Waals surface area (Å²) in [6, 6.07) is 6.20. The number of carbonyl (C=O) groups is 1. The normalized spacial score (nSPS) is 15.9. The largest absolute Gasteiger partial charge is 0.324 e. The van der Waals surface area contributed by atoms with E-state index in [2.05, 4.69) is 58.1 Å². The molecule has 2 heterocycles. The number of thiophene rings is 1. The minimum absolute atomic E-state index is 0.0457. The van der Waals surface area contributed by atoms with Gasteiger partial charge in [-0.25, -0.2) is 4.98 Å². The SMILES string of the molecule is CC1CCc2c(sc3nc(CN(C)C)n(CC(=O)Nc4c(C(C)C)cccc4C(C)C)c(=O)c23)C1. The smallest absolute Gasteiger partial charge is 0.263 e. The van der Waals surface area contributed by atoms with Gasteiger partial charge in [0.2, 0.25) is 5.91 Å². The van der Waals surface area contributed by atoms with E-state index in [-0.39, 0.29) is 29.8 Å². The van der Waals surface area contributed by atoms with Crippen LogP contribution in [0.3, 0.4) is 0 Å². The van der Waals surface area contributed by atoms with Crippen molar-refractivity contribution in [1.82, 2.24) is 14.5 Å². The lowest BCUT2D eigenvalue weighted by Crippen LogP contribution is -2.33. The molecule has 0 bridgehead atoms. The first kappa shape index (κ1) is 25.6. The maximum atomic E-state index is 13.8. The van der Waals surface area contributed by atoms with Gasteiger partial charge in [-0.1, -0.05) is 52.8 Å². The highest BCUT2D eigenvalue weighted by atomic mass is 32.1. The Morgan fingerprint density at radius 3 is 2.46 bits per heavy atom.